The Kier molecular flexibility index (Phi) is 5.75. The van der Waals surface area contributed by atoms with Crippen LogP contribution in [0.2, 0.25) is 0 Å². The Balaban J connectivity index is 1.27. The van der Waals surface area contributed by atoms with Crippen LogP contribution >= 0.6 is 0 Å². The lowest BCUT2D eigenvalue weighted by molar-refractivity contribution is -0.148. The van der Waals surface area contributed by atoms with Gasteiger partial charge in [-0.2, -0.15) is 0 Å². The normalized spacial score (nSPS) is 12.0. The quantitative estimate of drug-likeness (QED) is 0.465. The van der Waals surface area contributed by atoms with Gasteiger partial charge in [0.25, 0.3) is 5.91 Å². The molecule has 1 amide bonds. The SMILES string of the molecule is C[C@@H](NC(=O)COC(=O)CCc1nc2ccccc2o1)c1cccc2ccccc12. The summed E-state index contributed by atoms with van der Waals surface area (Å²) in [7, 11) is 0. The summed E-state index contributed by atoms with van der Waals surface area (Å²) in [4.78, 5) is 28.6. The summed E-state index contributed by atoms with van der Waals surface area (Å²) in [5, 5.41) is 5.09. The van der Waals surface area contributed by atoms with Crippen molar-refractivity contribution in [2.75, 3.05) is 6.61 Å². The lowest BCUT2D eigenvalue weighted by Crippen LogP contribution is -2.31. The zero-order valence-electron chi connectivity index (χ0n) is 16.6. The van der Waals surface area contributed by atoms with Crippen molar-refractivity contribution in [2.45, 2.75) is 25.8 Å². The first-order chi connectivity index (χ1) is 14.6. The maximum absolute atomic E-state index is 12.2. The van der Waals surface area contributed by atoms with Crippen molar-refractivity contribution < 1.29 is 18.7 Å². The van der Waals surface area contributed by atoms with Crippen LogP contribution in [0.5, 0.6) is 0 Å². The van der Waals surface area contributed by atoms with Crippen LogP contribution in [0, 0.1) is 0 Å². The molecule has 152 valence electrons. The number of esters is 1. The van der Waals surface area contributed by atoms with Gasteiger partial charge in [-0.15, -0.1) is 0 Å². The van der Waals surface area contributed by atoms with E-state index in [1.807, 2.05) is 73.7 Å². The monoisotopic (exact) mass is 402 g/mol. The zero-order chi connectivity index (χ0) is 20.9. The molecule has 30 heavy (non-hydrogen) atoms. The smallest absolute Gasteiger partial charge is 0.306 e. The van der Waals surface area contributed by atoms with Crippen molar-refractivity contribution in [1.82, 2.24) is 10.3 Å². The molecule has 1 N–H and O–H groups in total. The van der Waals surface area contributed by atoms with E-state index in [4.69, 9.17) is 9.15 Å². The molecule has 0 saturated carbocycles. The van der Waals surface area contributed by atoms with Gasteiger partial charge >= 0.3 is 5.97 Å². The molecule has 0 unspecified atom stereocenters. The Labute approximate surface area is 173 Å². The predicted octanol–water partition coefficient (Wildman–Crippen LogP) is 4.33. The van der Waals surface area contributed by atoms with Crippen LogP contribution in [0.3, 0.4) is 0 Å². The second kappa shape index (κ2) is 8.78. The Hall–Kier alpha value is -3.67. The summed E-state index contributed by atoms with van der Waals surface area (Å²) < 4.78 is 10.7. The molecule has 0 fully saturated rings. The Bertz CT molecular complexity index is 1160. The van der Waals surface area contributed by atoms with Crippen molar-refractivity contribution in [3.8, 4) is 0 Å². The van der Waals surface area contributed by atoms with Crippen LogP contribution in [0.15, 0.2) is 71.1 Å². The number of amides is 1. The molecule has 3 aromatic carbocycles. The third kappa shape index (κ3) is 4.49. The standard InChI is InChI=1S/C24H22N2O4/c1-16(18-10-6-8-17-7-2-3-9-19(17)18)25-22(27)15-29-24(28)14-13-23-26-20-11-4-5-12-21(20)30-23/h2-12,16H,13-15H2,1H3,(H,25,27)/t16-/m1/s1. The van der Waals surface area contributed by atoms with E-state index < -0.39 is 5.97 Å². The molecule has 4 aromatic rings. The maximum Gasteiger partial charge on any atom is 0.306 e. The molecule has 0 radical (unpaired) electrons. The largest absolute Gasteiger partial charge is 0.456 e. The van der Waals surface area contributed by atoms with E-state index >= 15 is 0 Å². The molecule has 6 nitrogen and oxygen atoms in total. The van der Waals surface area contributed by atoms with Gasteiger partial charge < -0.3 is 14.5 Å². The molecule has 4 rings (SSSR count). The molecule has 6 heteroatoms. The van der Waals surface area contributed by atoms with Crippen LogP contribution in [-0.4, -0.2) is 23.5 Å². The van der Waals surface area contributed by atoms with E-state index in [2.05, 4.69) is 10.3 Å². The second-order valence-corrected chi connectivity index (χ2v) is 7.09. The topological polar surface area (TPSA) is 81.4 Å². The minimum absolute atomic E-state index is 0.0962. The lowest BCUT2D eigenvalue weighted by Gasteiger charge is -2.16. The summed E-state index contributed by atoms with van der Waals surface area (Å²) in [5.74, 6) is -0.335. The number of oxazole rings is 1. The first kappa shape index (κ1) is 19.6. The minimum atomic E-state index is -0.467. The first-order valence-electron chi connectivity index (χ1n) is 9.87. The highest BCUT2D eigenvalue weighted by atomic mass is 16.5. The number of rotatable bonds is 7. The highest BCUT2D eigenvalue weighted by Gasteiger charge is 2.15. The van der Waals surface area contributed by atoms with Gasteiger partial charge in [-0.1, -0.05) is 54.6 Å². The van der Waals surface area contributed by atoms with Crippen molar-refractivity contribution in [1.29, 1.82) is 0 Å². The molecule has 0 saturated heterocycles. The average molecular weight is 402 g/mol. The molecule has 1 atom stereocenters. The summed E-state index contributed by atoms with van der Waals surface area (Å²) in [5.41, 5.74) is 2.45. The Morgan fingerprint density at radius 3 is 2.67 bits per heavy atom. The summed E-state index contributed by atoms with van der Waals surface area (Å²) in [6, 6.07) is 21.2. The van der Waals surface area contributed by atoms with Gasteiger partial charge in [0.15, 0.2) is 18.1 Å². The van der Waals surface area contributed by atoms with Crippen LogP contribution < -0.4 is 5.32 Å². The van der Waals surface area contributed by atoms with Gasteiger partial charge in [0, 0.05) is 6.42 Å². The minimum Gasteiger partial charge on any atom is -0.456 e. The lowest BCUT2D eigenvalue weighted by atomic mass is 10.00. The van der Waals surface area contributed by atoms with Crippen LogP contribution in [0.25, 0.3) is 21.9 Å². The van der Waals surface area contributed by atoms with E-state index in [1.165, 1.54) is 0 Å². The van der Waals surface area contributed by atoms with Gasteiger partial charge in [0.2, 0.25) is 0 Å². The fourth-order valence-electron chi connectivity index (χ4n) is 3.44. The number of carbonyl (C=O) groups excluding carboxylic acids is 2. The number of carbonyl (C=O) groups is 2. The molecule has 1 aromatic heterocycles. The number of hydrogen-bond donors (Lipinski definition) is 1. The number of aromatic nitrogens is 1. The van der Waals surface area contributed by atoms with Crippen molar-refractivity contribution in [3.05, 3.63) is 78.2 Å². The van der Waals surface area contributed by atoms with Gasteiger partial charge in [-0.3, -0.25) is 9.59 Å². The highest BCUT2D eigenvalue weighted by molar-refractivity contribution is 5.87. The van der Waals surface area contributed by atoms with E-state index in [9.17, 15) is 9.59 Å². The Morgan fingerprint density at radius 1 is 1.03 bits per heavy atom. The molecule has 1 heterocycles. The van der Waals surface area contributed by atoms with E-state index in [0.717, 1.165) is 21.9 Å². The van der Waals surface area contributed by atoms with Gasteiger partial charge in [0.1, 0.15) is 5.52 Å². The number of hydrogen-bond acceptors (Lipinski definition) is 5. The summed E-state index contributed by atoms with van der Waals surface area (Å²) >= 11 is 0. The van der Waals surface area contributed by atoms with Gasteiger partial charge in [-0.05, 0) is 35.4 Å². The fraction of sp³-hybridized carbons (Fsp3) is 0.208. The van der Waals surface area contributed by atoms with E-state index in [-0.39, 0.29) is 25.0 Å². The molecular formula is C24H22N2O4. The van der Waals surface area contributed by atoms with E-state index in [0.29, 0.717) is 17.9 Å². The number of ether oxygens (including phenoxy) is 1. The number of fused-ring (bicyclic) bond motifs is 2. The molecule has 0 bridgehead atoms. The second-order valence-electron chi connectivity index (χ2n) is 7.09. The van der Waals surface area contributed by atoms with Crippen molar-refractivity contribution >= 4 is 33.7 Å². The fourth-order valence-corrected chi connectivity index (χ4v) is 3.44. The number of para-hydroxylation sites is 2. The third-order valence-corrected chi connectivity index (χ3v) is 4.91. The number of aryl methyl sites for hydroxylation is 1. The molecule has 0 aliphatic carbocycles. The highest BCUT2D eigenvalue weighted by Crippen LogP contribution is 2.24. The number of nitrogens with zero attached hydrogens (tertiary/aromatic N) is 1. The number of nitrogens with one attached hydrogen (secondary N) is 1. The van der Waals surface area contributed by atoms with Crippen LogP contribution in [-0.2, 0) is 20.7 Å². The van der Waals surface area contributed by atoms with Crippen LogP contribution in [0.1, 0.15) is 30.8 Å². The number of benzene rings is 3. The zero-order valence-corrected chi connectivity index (χ0v) is 16.6. The third-order valence-electron chi connectivity index (χ3n) is 4.91. The first-order valence-corrected chi connectivity index (χ1v) is 9.87. The maximum atomic E-state index is 12.2. The Morgan fingerprint density at radius 2 is 1.80 bits per heavy atom. The molecule has 0 spiro atoms. The molecule has 0 aliphatic rings. The van der Waals surface area contributed by atoms with Crippen molar-refractivity contribution in [3.63, 3.8) is 0 Å². The van der Waals surface area contributed by atoms with Gasteiger partial charge in [-0.25, -0.2) is 4.98 Å². The molecule has 0 aliphatic heterocycles. The average Bonchev–Trinajstić information content (AvgIpc) is 3.19. The van der Waals surface area contributed by atoms with E-state index in [1.54, 1.807) is 0 Å². The van der Waals surface area contributed by atoms with Crippen LogP contribution in [0.4, 0.5) is 0 Å². The van der Waals surface area contributed by atoms with Gasteiger partial charge in [0.05, 0.1) is 12.5 Å². The van der Waals surface area contributed by atoms with Crippen molar-refractivity contribution in [2.24, 2.45) is 0 Å². The predicted molar refractivity (Wildman–Crippen MR) is 114 cm³/mol. The summed E-state index contributed by atoms with van der Waals surface area (Å²) in [6.07, 6.45) is 0.417. The molecular weight excluding hydrogens is 380 g/mol. The summed E-state index contributed by atoms with van der Waals surface area (Å²) in [6.45, 7) is 1.59.